The van der Waals surface area contributed by atoms with Gasteiger partial charge in [-0.05, 0) is 39.7 Å². The van der Waals surface area contributed by atoms with Crippen LogP contribution < -0.4 is 0 Å². The zero-order chi connectivity index (χ0) is 21.9. The molecule has 1 aliphatic rings. The summed E-state index contributed by atoms with van der Waals surface area (Å²) in [6.07, 6.45) is 5.74. The summed E-state index contributed by atoms with van der Waals surface area (Å²) in [7, 11) is 0. The summed E-state index contributed by atoms with van der Waals surface area (Å²) in [6, 6.07) is 1.73. The fourth-order valence-corrected chi connectivity index (χ4v) is 3.65. The molecule has 3 heterocycles. The number of ether oxygens (including phenoxy) is 1. The average molecular weight is 451 g/mol. The highest BCUT2D eigenvalue weighted by Crippen LogP contribution is 2.28. The van der Waals surface area contributed by atoms with Crippen LogP contribution in [0.25, 0.3) is 11.3 Å². The van der Waals surface area contributed by atoms with Crippen LogP contribution in [-0.4, -0.2) is 50.4 Å². The number of halogens is 2. The Morgan fingerprint density at radius 3 is 2.70 bits per heavy atom. The molecule has 0 radical (unpaired) electrons. The Labute approximate surface area is 185 Å². The van der Waals surface area contributed by atoms with E-state index in [2.05, 4.69) is 15.0 Å². The summed E-state index contributed by atoms with van der Waals surface area (Å²) in [5, 5.41) is 0.652. The fraction of sp³-hybridized carbons (Fsp3) is 0.476. The second-order valence-corrected chi connectivity index (χ2v) is 9.09. The van der Waals surface area contributed by atoms with Crippen molar-refractivity contribution in [3.63, 3.8) is 0 Å². The summed E-state index contributed by atoms with van der Waals surface area (Å²) in [5.41, 5.74) is 1.14. The molecule has 3 rings (SSSR count). The van der Waals surface area contributed by atoms with Crippen LogP contribution in [0, 0.1) is 5.92 Å². The minimum atomic E-state index is -0.569. The van der Waals surface area contributed by atoms with Gasteiger partial charge in [-0.3, -0.25) is 14.8 Å². The molecule has 0 N–H and O–H groups in total. The zero-order valence-corrected chi connectivity index (χ0v) is 18.7. The average Bonchev–Trinajstić information content (AvgIpc) is 2.68. The highest BCUT2D eigenvalue weighted by molar-refractivity contribution is 6.33. The fourth-order valence-electron chi connectivity index (χ4n) is 3.30. The van der Waals surface area contributed by atoms with E-state index in [1.807, 2.05) is 20.8 Å². The van der Waals surface area contributed by atoms with Crippen LogP contribution in [0.15, 0.2) is 24.7 Å². The molecule has 1 amide bonds. The largest absolute Gasteiger partial charge is 0.444 e. The first-order valence-electron chi connectivity index (χ1n) is 9.75. The van der Waals surface area contributed by atoms with E-state index in [0.717, 1.165) is 12.8 Å². The van der Waals surface area contributed by atoms with E-state index in [-0.39, 0.29) is 29.4 Å². The lowest BCUT2D eigenvalue weighted by Gasteiger charge is -2.33. The van der Waals surface area contributed by atoms with Crippen LogP contribution in [0.5, 0.6) is 0 Å². The molecular weight excluding hydrogens is 427 g/mol. The van der Waals surface area contributed by atoms with Crippen molar-refractivity contribution >= 4 is 35.1 Å². The summed E-state index contributed by atoms with van der Waals surface area (Å²) < 4.78 is 5.44. The molecule has 30 heavy (non-hydrogen) atoms. The SMILES string of the molecule is CC(C)(C)OC(=O)N1CCC[C@@H](C(=O)Cc2cc(-c3cncc(Cl)n3)c(Cl)cn2)C1. The van der Waals surface area contributed by atoms with Gasteiger partial charge in [0.1, 0.15) is 16.5 Å². The first kappa shape index (κ1) is 22.4. The highest BCUT2D eigenvalue weighted by Gasteiger charge is 2.31. The molecule has 1 saturated heterocycles. The second-order valence-electron chi connectivity index (χ2n) is 8.29. The summed E-state index contributed by atoms with van der Waals surface area (Å²) in [5.74, 6) is -0.223. The zero-order valence-electron chi connectivity index (χ0n) is 17.2. The van der Waals surface area contributed by atoms with Crippen molar-refractivity contribution in [2.45, 2.75) is 45.6 Å². The number of likely N-dealkylation sites (tertiary alicyclic amines) is 1. The van der Waals surface area contributed by atoms with E-state index in [9.17, 15) is 9.59 Å². The lowest BCUT2D eigenvalue weighted by molar-refractivity contribution is -0.123. The van der Waals surface area contributed by atoms with Gasteiger partial charge >= 0.3 is 6.09 Å². The van der Waals surface area contributed by atoms with Crippen molar-refractivity contribution in [2.24, 2.45) is 5.92 Å². The van der Waals surface area contributed by atoms with Gasteiger partial charge in [0, 0.05) is 42.9 Å². The molecule has 2 aromatic heterocycles. The van der Waals surface area contributed by atoms with Crippen LogP contribution in [0.3, 0.4) is 0 Å². The first-order chi connectivity index (χ1) is 14.1. The summed E-state index contributed by atoms with van der Waals surface area (Å²) >= 11 is 12.2. The third-order valence-corrected chi connectivity index (χ3v) is 5.16. The van der Waals surface area contributed by atoms with E-state index in [1.165, 1.54) is 12.4 Å². The number of hydrogen-bond acceptors (Lipinski definition) is 6. The molecule has 1 aliphatic heterocycles. The van der Waals surface area contributed by atoms with Crippen LogP contribution in [-0.2, 0) is 16.0 Å². The van der Waals surface area contributed by atoms with Crippen molar-refractivity contribution in [1.82, 2.24) is 19.9 Å². The predicted octanol–water partition coefficient (Wildman–Crippen LogP) is 4.60. The number of pyridine rings is 1. The Balaban J connectivity index is 1.70. The molecule has 0 aliphatic carbocycles. The Kier molecular flexibility index (Phi) is 6.93. The van der Waals surface area contributed by atoms with Gasteiger partial charge in [0.15, 0.2) is 0 Å². The van der Waals surface area contributed by atoms with Gasteiger partial charge in [-0.2, -0.15) is 0 Å². The molecular formula is C21H24Cl2N4O3. The molecule has 1 fully saturated rings. The summed E-state index contributed by atoms with van der Waals surface area (Å²) in [6.45, 7) is 6.42. The quantitative estimate of drug-likeness (QED) is 0.675. The number of carbonyl (C=O) groups excluding carboxylic acids is 2. The predicted molar refractivity (Wildman–Crippen MR) is 115 cm³/mol. The number of carbonyl (C=O) groups is 2. The van der Waals surface area contributed by atoms with Crippen LogP contribution in [0.2, 0.25) is 10.2 Å². The van der Waals surface area contributed by atoms with E-state index >= 15 is 0 Å². The van der Waals surface area contributed by atoms with E-state index in [4.69, 9.17) is 27.9 Å². The standard InChI is InChI=1S/C21H24Cl2N4O3/c1-21(2,3)30-20(29)27-6-4-5-13(12-27)18(28)8-14-7-15(16(22)9-25-14)17-10-24-11-19(23)26-17/h7,9-11,13H,4-6,8,12H2,1-3H3/t13-/m1/s1. The Bertz CT molecular complexity index is 946. The third kappa shape index (κ3) is 5.89. The van der Waals surface area contributed by atoms with Gasteiger partial charge in [-0.1, -0.05) is 23.2 Å². The third-order valence-electron chi connectivity index (χ3n) is 4.68. The number of nitrogens with zero attached hydrogens (tertiary/aromatic N) is 4. The lowest BCUT2D eigenvalue weighted by Crippen LogP contribution is -2.44. The van der Waals surface area contributed by atoms with Gasteiger partial charge in [-0.25, -0.2) is 9.78 Å². The smallest absolute Gasteiger partial charge is 0.410 e. The molecule has 2 aromatic rings. The molecule has 7 nitrogen and oxygen atoms in total. The van der Waals surface area contributed by atoms with Crippen LogP contribution in [0.4, 0.5) is 4.79 Å². The second kappa shape index (κ2) is 9.27. The van der Waals surface area contributed by atoms with E-state index in [1.54, 1.807) is 17.2 Å². The molecule has 9 heteroatoms. The number of aromatic nitrogens is 3. The maximum absolute atomic E-state index is 12.9. The number of Topliss-reactive ketones (excluding diaryl/α,β-unsaturated/α-hetero) is 1. The van der Waals surface area contributed by atoms with Crippen molar-refractivity contribution in [3.05, 3.63) is 40.5 Å². The topological polar surface area (TPSA) is 85.3 Å². The Morgan fingerprint density at radius 2 is 2.00 bits per heavy atom. The van der Waals surface area contributed by atoms with Gasteiger partial charge in [0.25, 0.3) is 0 Å². The number of ketones is 1. The maximum atomic E-state index is 12.9. The Morgan fingerprint density at radius 1 is 1.23 bits per heavy atom. The van der Waals surface area contributed by atoms with Crippen molar-refractivity contribution in [3.8, 4) is 11.3 Å². The lowest BCUT2D eigenvalue weighted by atomic mass is 9.91. The van der Waals surface area contributed by atoms with Crippen molar-refractivity contribution in [1.29, 1.82) is 0 Å². The molecule has 0 unspecified atom stereocenters. The van der Waals surface area contributed by atoms with Gasteiger partial charge in [-0.15, -0.1) is 0 Å². The number of amides is 1. The van der Waals surface area contributed by atoms with Gasteiger partial charge < -0.3 is 9.64 Å². The number of hydrogen-bond donors (Lipinski definition) is 0. The van der Waals surface area contributed by atoms with Gasteiger partial charge in [0.2, 0.25) is 0 Å². The molecule has 0 saturated carbocycles. The van der Waals surface area contributed by atoms with Crippen LogP contribution in [0.1, 0.15) is 39.3 Å². The molecule has 0 aromatic carbocycles. The molecule has 0 spiro atoms. The molecule has 1 atom stereocenters. The maximum Gasteiger partial charge on any atom is 0.410 e. The minimum absolute atomic E-state index is 0.0289. The molecule has 0 bridgehead atoms. The Hall–Kier alpha value is -2.25. The first-order valence-corrected chi connectivity index (χ1v) is 10.5. The number of rotatable bonds is 4. The van der Waals surface area contributed by atoms with Crippen molar-refractivity contribution < 1.29 is 14.3 Å². The highest BCUT2D eigenvalue weighted by atomic mass is 35.5. The normalized spacial score (nSPS) is 17.0. The number of piperidine rings is 1. The minimum Gasteiger partial charge on any atom is -0.444 e. The van der Waals surface area contributed by atoms with Gasteiger partial charge in [0.05, 0.1) is 23.1 Å². The summed E-state index contributed by atoms with van der Waals surface area (Å²) in [4.78, 5) is 39.4. The van der Waals surface area contributed by atoms with Crippen LogP contribution >= 0.6 is 23.2 Å². The van der Waals surface area contributed by atoms with Crippen molar-refractivity contribution in [2.75, 3.05) is 13.1 Å². The molecule has 160 valence electrons. The van der Waals surface area contributed by atoms with E-state index in [0.29, 0.717) is 35.1 Å². The van der Waals surface area contributed by atoms with E-state index < -0.39 is 5.60 Å². The monoisotopic (exact) mass is 450 g/mol.